The summed E-state index contributed by atoms with van der Waals surface area (Å²) in [5.41, 5.74) is 0.236. The van der Waals surface area contributed by atoms with Crippen molar-refractivity contribution in [3.63, 3.8) is 0 Å². The van der Waals surface area contributed by atoms with E-state index in [9.17, 15) is 4.79 Å². The molecule has 4 rings (SSSR count). The first-order valence-electron chi connectivity index (χ1n) is 10.0. The van der Waals surface area contributed by atoms with Crippen LogP contribution in [0.2, 0.25) is 0 Å². The van der Waals surface area contributed by atoms with Gasteiger partial charge in [0.25, 0.3) is 0 Å². The maximum absolute atomic E-state index is 10.9. The highest BCUT2D eigenvalue weighted by atomic mass is 16.5. The number of piperidine rings is 2. The lowest BCUT2D eigenvalue weighted by Gasteiger charge is -2.42. The van der Waals surface area contributed by atoms with Gasteiger partial charge in [0.2, 0.25) is 0 Å². The number of aromatic carboxylic acids is 1. The van der Waals surface area contributed by atoms with Gasteiger partial charge in [0.15, 0.2) is 0 Å². The van der Waals surface area contributed by atoms with E-state index in [-0.39, 0.29) is 5.56 Å². The van der Waals surface area contributed by atoms with E-state index in [2.05, 4.69) is 14.8 Å². The molecular formula is C20H29N3O3. The summed E-state index contributed by atoms with van der Waals surface area (Å²) in [6.45, 7) is 4.25. The molecule has 2 aliphatic heterocycles. The van der Waals surface area contributed by atoms with Crippen LogP contribution in [0.3, 0.4) is 0 Å². The normalized spacial score (nSPS) is 23.8. The number of pyridine rings is 1. The van der Waals surface area contributed by atoms with Crippen molar-refractivity contribution in [2.45, 2.75) is 63.2 Å². The van der Waals surface area contributed by atoms with Crippen LogP contribution in [0.4, 0.5) is 5.82 Å². The SMILES string of the molecule is O=C(O)c1ccc(N2CCC(OC3CCN(C4CCC4)CC3)CC2)nc1. The minimum atomic E-state index is -0.931. The average Bonchev–Trinajstić information content (AvgIpc) is 2.63. The van der Waals surface area contributed by atoms with Gasteiger partial charge < -0.3 is 19.6 Å². The predicted octanol–water partition coefficient (Wildman–Crippen LogP) is 2.78. The predicted molar refractivity (Wildman–Crippen MR) is 99.8 cm³/mol. The fourth-order valence-corrected chi connectivity index (χ4v) is 4.32. The molecule has 0 aromatic carbocycles. The van der Waals surface area contributed by atoms with E-state index in [0.29, 0.717) is 12.2 Å². The van der Waals surface area contributed by atoms with Crippen LogP contribution >= 0.6 is 0 Å². The zero-order valence-electron chi connectivity index (χ0n) is 15.3. The minimum absolute atomic E-state index is 0.236. The molecule has 6 heteroatoms. The molecule has 6 nitrogen and oxygen atoms in total. The Morgan fingerprint density at radius 3 is 2.15 bits per heavy atom. The van der Waals surface area contributed by atoms with Crippen LogP contribution in [0, 0.1) is 0 Å². The third-order valence-corrected chi connectivity index (χ3v) is 6.21. The van der Waals surface area contributed by atoms with Crippen LogP contribution in [-0.4, -0.2) is 65.4 Å². The number of carbonyl (C=O) groups is 1. The van der Waals surface area contributed by atoms with Gasteiger partial charge in [-0.2, -0.15) is 0 Å². The van der Waals surface area contributed by atoms with Crippen molar-refractivity contribution in [1.82, 2.24) is 9.88 Å². The summed E-state index contributed by atoms with van der Waals surface area (Å²) in [7, 11) is 0. The van der Waals surface area contributed by atoms with E-state index in [4.69, 9.17) is 9.84 Å². The van der Waals surface area contributed by atoms with Gasteiger partial charge in [0.1, 0.15) is 5.82 Å². The van der Waals surface area contributed by atoms with Crippen LogP contribution in [-0.2, 0) is 4.74 Å². The van der Waals surface area contributed by atoms with Crippen LogP contribution in [0.15, 0.2) is 18.3 Å². The third-order valence-electron chi connectivity index (χ3n) is 6.21. The molecule has 3 heterocycles. The number of ether oxygens (including phenoxy) is 1. The molecule has 1 saturated carbocycles. The highest BCUT2D eigenvalue weighted by molar-refractivity contribution is 5.87. The van der Waals surface area contributed by atoms with Gasteiger partial charge in [-0.25, -0.2) is 9.78 Å². The molecule has 1 aromatic heterocycles. The molecule has 3 fully saturated rings. The second-order valence-corrected chi connectivity index (χ2v) is 7.85. The molecule has 0 unspecified atom stereocenters. The highest BCUT2D eigenvalue weighted by Gasteiger charge is 2.30. The number of aromatic nitrogens is 1. The molecule has 0 amide bonds. The highest BCUT2D eigenvalue weighted by Crippen LogP contribution is 2.29. The number of nitrogens with zero attached hydrogens (tertiary/aromatic N) is 3. The van der Waals surface area contributed by atoms with Crippen LogP contribution in [0.1, 0.15) is 55.3 Å². The van der Waals surface area contributed by atoms with Crippen molar-refractivity contribution < 1.29 is 14.6 Å². The molecular weight excluding hydrogens is 330 g/mol. The maximum atomic E-state index is 10.9. The van der Waals surface area contributed by atoms with Gasteiger partial charge >= 0.3 is 5.97 Å². The average molecular weight is 359 g/mol. The van der Waals surface area contributed by atoms with Crippen molar-refractivity contribution in [1.29, 1.82) is 0 Å². The van der Waals surface area contributed by atoms with Crippen molar-refractivity contribution in [3.05, 3.63) is 23.9 Å². The van der Waals surface area contributed by atoms with Crippen LogP contribution < -0.4 is 4.90 Å². The van der Waals surface area contributed by atoms with Gasteiger partial charge in [-0.15, -0.1) is 0 Å². The van der Waals surface area contributed by atoms with E-state index in [1.54, 1.807) is 12.1 Å². The van der Waals surface area contributed by atoms with E-state index in [1.807, 2.05) is 0 Å². The molecule has 0 bridgehead atoms. The van der Waals surface area contributed by atoms with Crippen molar-refractivity contribution in [2.75, 3.05) is 31.1 Å². The quantitative estimate of drug-likeness (QED) is 0.872. The van der Waals surface area contributed by atoms with Crippen LogP contribution in [0.5, 0.6) is 0 Å². The molecule has 0 spiro atoms. The number of likely N-dealkylation sites (tertiary alicyclic amines) is 1. The Bertz CT molecular complexity index is 601. The molecule has 142 valence electrons. The summed E-state index contributed by atoms with van der Waals surface area (Å²) in [6.07, 6.45) is 10.8. The van der Waals surface area contributed by atoms with Gasteiger partial charge in [0, 0.05) is 38.4 Å². The molecule has 0 radical (unpaired) electrons. The smallest absolute Gasteiger partial charge is 0.337 e. The Morgan fingerprint density at radius 1 is 1.00 bits per heavy atom. The van der Waals surface area contributed by atoms with E-state index in [1.165, 1.54) is 51.4 Å². The third kappa shape index (κ3) is 4.01. The first kappa shape index (κ1) is 17.7. The fourth-order valence-electron chi connectivity index (χ4n) is 4.32. The topological polar surface area (TPSA) is 65.9 Å². The number of rotatable bonds is 5. The first-order valence-corrected chi connectivity index (χ1v) is 10.0. The summed E-state index contributed by atoms with van der Waals surface area (Å²) < 4.78 is 6.40. The molecule has 1 aromatic rings. The van der Waals surface area contributed by atoms with E-state index < -0.39 is 5.97 Å². The minimum Gasteiger partial charge on any atom is -0.478 e. The lowest BCUT2D eigenvalue weighted by molar-refractivity contribution is -0.0598. The number of hydrogen-bond acceptors (Lipinski definition) is 5. The zero-order valence-corrected chi connectivity index (χ0v) is 15.3. The largest absolute Gasteiger partial charge is 0.478 e. The Morgan fingerprint density at radius 2 is 1.65 bits per heavy atom. The lowest BCUT2D eigenvalue weighted by atomic mass is 9.89. The Balaban J connectivity index is 1.21. The number of carboxylic acid groups (broad SMARTS) is 1. The summed E-state index contributed by atoms with van der Waals surface area (Å²) in [6, 6.07) is 4.29. The number of anilines is 1. The molecule has 26 heavy (non-hydrogen) atoms. The molecule has 1 aliphatic carbocycles. The standard InChI is InChI=1S/C20H29N3O3/c24-20(25)15-4-5-19(21-14-15)23-12-8-18(9-13-23)26-17-6-10-22(11-7-17)16-2-1-3-16/h4-5,14,16-18H,1-3,6-13H2,(H,24,25). The molecule has 3 aliphatic rings. The Kier molecular flexibility index (Phi) is 5.41. The monoisotopic (exact) mass is 359 g/mol. The van der Waals surface area contributed by atoms with Gasteiger partial charge in [-0.3, -0.25) is 0 Å². The van der Waals surface area contributed by atoms with Gasteiger partial charge in [-0.1, -0.05) is 6.42 Å². The second kappa shape index (κ2) is 7.92. The maximum Gasteiger partial charge on any atom is 0.337 e. The van der Waals surface area contributed by atoms with Gasteiger partial charge in [-0.05, 0) is 50.7 Å². The van der Waals surface area contributed by atoms with E-state index >= 15 is 0 Å². The summed E-state index contributed by atoms with van der Waals surface area (Å²) in [5, 5.41) is 8.97. The van der Waals surface area contributed by atoms with Crippen molar-refractivity contribution in [3.8, 4) is 0 Å². The lowest BCUT2D eigenvalue weighted by Crippen LogP contribution is -2.47. The number of hydrogen-bond donors (Lipinski definition) is 1. The van der Waals surface area contributed by atoms with E-state index in [0.717, 1.165) is 37.8 Å². The van der Waals surface area contributed by atoms with Crippen molar-refractivity contribution >= 4 is 11.8 Å². The Labute approximate surface area is 155 Å². The Hall–Kier alpha value is -1.66. The summed E-state index contributed by atoms with van der Waals surface area (Å²) >= 11 is 0. The zero-order chi connectivity index (χ0) is 17.9. The molecule has 2 saturated heterocycles. The summed E-state index contributed by atoms with van der Waals surface area (Å²) in [5.74, 6) is -0.0678. The fraction of sp³-hybridized carbons (Fsp3) is 0.700. The summed E-state index contributed by atoms with van der Waals surface area (Å²) in [4.78, 5) is 20.1. The number of carboxylic acids is 1. The molecule has 0 atom stereocenters. The van der Waals surface area contributed by atoms with Crippen molar-refractivity contribution in [2.24, 2.45) is 0 Å². The van der Waals surface area contributed by atoms with Gasteiger partial charge in [0.05, 0.1) is 17.8 Å². The van der Waals surface area contributed by atoms with Crippen LogP contribution in [0.25, 0.3) is 0 Å². The molecule has 1 N–H and O–H groups in total. The first-order chi connectivity index (χ1) is 12.7. The second-order valence-electron chi connectivity index (χ2n) is 7.85.